The number of piperidine rings is 1. The molecule has 2 aromatic carbocycles. The van der Waals surface area contributed by atoms with Crippen molar-refractivity contribution in [3.63, 3.8) is 0 Å². The third kappa shape index (κ3) is 4.66. The Morgan fingerprint density at radius 1 is 1.12 bits per heavy atom. The third-order valence-corrected chi connectivity index (χ3v) is 6.86. The summed E-state index contributed by atoms with van der Waals surface area (Å²) in [5.41, 5.74) is 2.24. The van der Waals surface area contributed by atoms with Crippen LogP contribution in [0.25, 0.3) is 0 Å². The Balaban J connectivity index is 1.38. The zero-order valence-electron chi connectivity index (χ0n) is 18.8. The Hall–Kier alpha value is -3.32. The van der Waals surface area contributed by atoms with Crippen molar-refractivity contribution in [2.75, 3.05) is 13.1 Å². The molecule has 5 nitrogen and oxygen atoms in total. The van der Waals surface area contributed by atoms with Crippen LogP contribution in [-0.4, -0.2) is 34.4 Å². The van der Waals surface area contributed by atoms with Crippen molar-refractivity contribution < 1.29 is 18.3 Å². The maximum absolute atomic E-state index is 14.1. The van der Waals surface area contributed by atoms with Gasteiger partial charge in [-0.1, -0.05) is 30.3 Å². The molecule has 2 atom stereocenters. The van der Waals surface area contributed by atoms with Crippen molar-refractivity contribution >= 4 is 5.91 Å². The molecule has 3 heterocycles. The van der Waals surface area contributed by atoms with Gasteiger partial charge in [0, 0.05) is 55.5 Å². The number of halogens is 2. The van der Waals surface area contributed by atoms with Crippen molar-refractivity contribution in [1.29, 1.82) is 0 Å². The first-order chi connectivity index (χ1) is 16.5. The van der Waals surface area contributed by atoms with Gasteiger partial charge in [0.15, 0.2) is 11.6 Å². The fourth-order valence-electron chi connectivity index (χ4n) is 5.29. The van der Waals surface area contributed by atoms with E-state index in [0.717, 1.165) is 29.7 Å². The number of nitrogens with zero attached hydrogens (tertiary/aromatic N) is 2. The highest BCUT2D eigenvalue weighted by atomic mass is 19.2. The summed E-state index contributed by atoms with van der Waals surface area (Å²) in [7, 11) is 0. The Morgan fingerprint density at radius 2 is 2.00 bits per heavy atom. The van der Waals surface area contributed by atoms with Gasteiger partial charge in [-0.2, -0.15) is 0 Å². The summed E-state index contributed by atoms with van der Waals surface area (Å²) < 4.78 is 33.8. The van der Waals surface area contributed by atoms with Crippen LogP contribution in [0.2, 0.25) is 0 Å². The average Bonchev–Trinajstić information content (AvgIpc) is 3.17. The zero-order chi connectivity index (χ0) is 23.5. The number of para-hydroxylation sites is 1. The molecule has 0 unspecified atom stereocenters. The van der Waals surface area contributed by atoms with Crippen molar-refractivity contribution in [1.82, 2.24) is 15.2 Å². The fraction of sp³-hybridized carbons (Fsp3) is 0.333. The molecule has 1 spiro atoms. The van der Waals surface area contributed by atoms with Gasteiger partial charge in [-0.05, 0) is 42.7 Å². The molecule has 0 aliphatic carbocycles. The predicted octanol–water partition coefficient (Wildman–Crippen LogP) is 4.58. The second kappa shape index (κ2) is 9.50. The van der Waals surface area contributed by atoms with E-state index in [9.17, 15) is 13.6 Å². The normalized spacial score (nSPS) is 22.6. The van der Waals surface area contributed by atoms with E-state index in [1.54, 1.807) is 18.5 Å². The topological polar surface area (TPSA) is 54.5 Å². The molecular formula is C27H27F2N3O2. The zero-order valence-corrected chi connectivity index (χ0v) is 18.8. The summed E-state index contributed by atoms with van der Waals surface area (Å²) in [4.78, 5) is 18.8. The number of amides is 1. The number of carbonyl (C=O) groups is 1. The number of hydrogen-bond acceptors (Lipinski definition) is 4. The van der Waals surface area contributed by atoms with Gasteiger partial charge in [0.2, 0.25) is 5.91 Å². The lowest BCUT2D eigenvalue weighted by Crippen LogP contribution is -2.56. The maximum Gasteiger partial charge on any atom is 0.220 e. The quantitative estimate of drug-likeness (QED) is 0.582. The molecule has 0 radical (unpaired) electrons. The Bertz CT molecular complexity index is 1170. The number of rotatable bonds is 6. The highest BCUT2D eigenvalue weighted by Gasteiger charge is 2.49. The Labute approximate surface area is 197 Å². The number of likely N-dealkylation sites (tertiary alicyclic amines) is 1. The molecule has 0 bridgehead atoms. The molecule has 2 aliphatic heterocycles. The summed E-state index contributed by atoms with van der Waals surface area (Å²) in [6, 6.07) is 15.8. The van der Waals surface area contributed by atoms with Crippen LogP contribution in [0.1, 0.15) is 41.9 Å². The van der Waals surface area contributed by atoms with Crippen LogP contribution in [0.4, 0.5) is 8.78 Å². The molecular weight excluding hydrogens is 436 g/mol. The van der Waals surface area contributed by atoms with Gasteiger partial charge in [0.25, 0.3) is 0 Å². The summed E-state index contributed by atoms with van der Waals surface area (Å²) in [6.45, 7) is 2.31. The van der Waals surface area contributed by atoms with Gasteiger partial charge in [0.05, 0.1) is 5.54 Å². The number of ether oxygens (including phenoxy) is 1. The molecule has 2 aliphatic rings. The molecule has 1 amide bonds. The van der Waals surface area contributed by atoms with E-state index in [-0.39, 0.29) is 11.8 Å². The minimum absolute atomic E-state index is 0.0147. The van der Waals surface area contributed by atoms with Gasteiger partial charge in [-0.15, -0.1) is 0 Å². The molecule has 1 aromatic heterocycles. The number of benzene rings is 2. The molecule has 2 saturated heterocycles. The summed E-state index contributed by atoms with van der Waals surface area (Å²) in [5, 5.41) is 3.22. The molecule has 1 N–H and O–H groups in total. The predicted molar refractivity (Wildman–Crippen MR) is 124 cm³/mol. The van der Waals surface area contributed by atoms with Crippen LogP contribution in [-0.2, 0) is 17.9 Å². The van der Waals surface area contributed by atoms with Crippen molar-refractivity contribution in [2.24, 2.45) is 0 Å². The summed E-state index contributed by atoms with van der Waals surface area (Å²) in [6.07, 6.45) is 5.60. The van der Waals surface area contributed by atoms with Crippen LogP contribution >= 0.6 is 0 Å². The summed E-state index contributed by atoms with van der Waals surface area (Å²) in [5.74, 6) is -1.04. The third-order valence-electron chi connectivity index (χ3n) is 6.86. The lowest BCUT2D eigenvalue weighted by atomic mass is 9.76. The van der Waals surface area contributed by atoms with Crippen LogP contribution in [0, 0.1) is 11.6 Å². The van der Waals surface area contributed by atoms with Crippen LogP contribution < -0.4 is 10.1 Å². The van der Waals surface area contributed by atoms with E-state index >= 15 is 0 Å². The molecule has 2 fully saturated rings. The van der Waals surface area contributed by atoms with Gasteiger partial charge < -0.3 is 10.1 Å². The van der Waals surface area contributed by atoms with Crippen molar-refractivity contribution in [2.45, 2.75) is 43.9 Å². The SMILES string of the molecule is O=C1CCC[C@]2(CN(Cc3ccccc3OCc3cccnc3)C[C@H]2c2ccc(F)c(F)c2)N1. The first-order valence-corrected chi connectivity index (χ1v) is 11.6. The molecule has 7 heteroatoms. The minimum Gasteiger partial charge on any atom is -0.489 e. The lowest BCUT2D eigenvalue weighted by molar-refractivity contribution is -0.125. The van der Waals surface area contributed by atoms with E-state index in [1.807, 2.05) is 36.4 Å². The summed E-state index contributed by atoms with van der Waals surface area (Å²) >= 11 is 0. The van der Waals surface area contributed by atoms with Crippen LogP contribution in [0.15, 0.2) is 67.0 Å². The van der Waals surface area contributed by atoms with E-state index in [1.165, 1.54) is 12.1 Å². The van der Waals surface area contributed by atoms with E-state index in [0.29, 0.717) is 38.2 Å². The van der Waals surface area contributed by atoms with Crippen LogP contribution in [0.5, 0.6) is 5.75 Å². The van der Waals surface area contributed by atoms with Gasteiger partial charge >= 0.3 is 0 Å². The Morgan fingerprint density at radius 3 is 2.79 bits per heavy atom. The smallest absolute Gasteiger partial charge is 0.220 e. The number of pyridine rings is 1. The molecule has 0 saturated carbocycles. The standard InChI is InChI=1S/C27H27F2N3O2/c28-23-10-9-20(13-24(23)29)22-16-32(18-27(22)11-3-8-26(33)31-27)15-21-6-1-2-7-25(21)34-17-19-5-4-12-30-14-19/h1-2,4-7,9-10,12-14,22H,3,8,11,15-18H2,(H,31,33)/t22-,27+/m0/s1. The average molecular weight is 464 g/mol. The molecule has 34 heavy (non-hydrogen) atoms. The highest BCUT2D eigenvalue weighted by molar-refractivity contribution is 5.78. The van der Waals surface area contributed by atoms with Gasteiger partial charge in [-0.25, -0.2) is 8.78 Å². The lowest BCUT2D eigenvalue weighted by Gasteiger charge is -2.39. The molecule has 176 valence electrons. The fourth-order valence-corrected chi connectivity index (χ4v) is 5.29. The Kier molecular flexibility index (Phi) is 6.28. The number of aromatic nitrogens is 1. The van der Waals surface area contributed by atoms with Crippen molar-refractivity contribution in [3.05, 3.63) is 95.3 Å². The van der Waals surface area contributed by atoms with Crippen molar-refractivity contribution in [3.8, 4) is 5.75 Å². The number of carbonyl (C=O) groups excluding carboxylic acids is 1. The minimum atomic E-state index is -0.861. The highest BCUT2D eigenvalue weighted by Crippen LogP contribution is 2.42. The van der Waals surface area contributed by atoms with Gasteiger partial charge in [-0.3, -0.25) is 14.7 Å². The van der Waals surface area contributed by atoms with E-state index in [4.69, 9.17) is 4.74 Å². The van der Waals surface area contributed by atoms with Gasteiger partial charge in [0.1, 0.15) is 12.4 Å². The molecule has 5 rings (SSSR count). The molecule has 3 aromatic rings. The number of hydrogen-bond donors (Lipinski definition) is 1. The first-order valence-electron chi connectivity index (χ1n) is 11.6. The second-order valence-corrected chi connectivity index (χ2v) is 9.21. The van der Waals surface area contributed by atoms with E-state index in [2.05, 4.69) is 15.2 Å². The van der Waals surface area contributed by atoms with Crippen LogP contribution in [0.3, 0.4) is 0 Å². The largest absolute Gasteiger partial charge is 0.489 e. The second-order valence-electron chi connectivity index (χ2n) is 9.21. The van der Waals surface area contributed by atoms with E-state index < -0.39 is 17.2 Å². The monoisotopic (exact) mass is 463 g/mol. The number of nitrogens with one attached hydrogen (secondary N) is 1. The maximum atomic E-state index is 14.1. The first kappa shape index (κ1) is 22.5.